The third-order valence-electron chi connectivity index (χ3n) is 8.21. The topological polar surface area (TPSA) is 113 Å². The van der Waals surface area contributed by atoms with Gasteiger partial charge in [-0.1, -0.05) is 86.1 Å². The Morgan fingerprint density at radius 1 is 0.953 bits per heavy atom. The Kier molecular flexibility index (Phi) is 11.7. The van der Waals surface area contributed by atoms with E-state index in [1.54, 1.807) is 24.3 Å². The van der Waals surface area contributed by atoms with Crippen molar-refractivity contribution in [2.24, 2.45) is 17.8 Å². The van der Waals surface area contributed by atoms with Gasteiger partial charge in [-0.05, 0) is 78.6 Å². The molecule has 3 N–H and O–H groups in total. The number of nitrogens with one attached hydrogen (secondary N) is 2. The molecule has 0 aliphatic heterocycles. The van der Waals surface area contributed by atoms with Gasteiger partial charge < -0.3 is 10.6 Å². The molecule has 1 saturated carbocycles. The van der Waals surface area contributed by atoms with Crippen molar-refractivity contribution < 1.29 is 22.6 Å². The molecular weight excluding hydrogens is 607 g/mol. The summed E-state index contributed by atoms with van der Waals surface area (Å²) in [5.41, 5.74) is 3.81. The Hall–Kier alpha value is -2.91. The van der Waals surface area contributed by atoms with E-state index in [1.165, 1.54) is 12.8 Å². The summed E-state index contributed by atoms with van der Waals surface area (Å²) < 4.78 is 30.7. The highest BCUT2D eigenvalue weighted by molar-refractivity contribution is 7.85. The molecule has 1 unspecified atom stereocenters. The summed E-state index contributed by atoms with van der Waals surface area (Å²) in [6, 6.07) is 20.0. The highest BCUT2D eigenvalue weighted by Gasteiger charge is 2.32. The maximum atomic E-state index is 13.8. The van der Waals surface area contributed by atoms with Crippen LogP contribution in [0, 0.1) is 17.8 Å². The van der Waals surface area contributed by atoms with Crippen molar-refractivity contribution in [3.63, 3.8) is 0 Å². The number of carbonyl (C=O) groups is 2. The van der Waals surface area contributed by atoms with Crippen molar-refractivity contribution in [3.8, 4) is 11.1 Å². The van der Waals surface area contributed by atoms with Gasteiger partial charge in [0.15, 0.2) is 0 Å². The van der Waals surface area contributed by atoms with Crippen molar-refractivity contribution in [1.29, 1.82) is 0 Å². The summed E-state index contributed by atoms with van der Waals surface area (Å²) in [4.78, 5) is 26.2. The molecule has 0 bridgehead atoms. The van der Waals surface area contributed by atoms with Crippen LogP contribution in [0.4, 0.5) is 5.69 Å². The summed E-state index contributed by atoms with van der Waals surface area (Å²) in [5.74, 6) is -0.265. The van der Waals surface area contributed by atoms with Crippen LogP contribution in [0.15, 0.2) is 66.7 Å². The van der Waals surface area contributed by atoms with Gasteiger partial charge in [0.2, 0.25) is 5.91 Å². The second-order valence-electron chi connectivity index (χ2n) is 11.3. The van der Waals surface area contributed by atoms with Crippen molar-refractivity contribution in [2.45, 2.75) is 51.9 Å². The minimum atomic E-state index is -4.15. The number of rotatable bonds is 12. The van der Waals surface area contributed by atoms with Gasteiger partial charge in [0.05, 0.1) is 5.75 Å². The molecule has 3 aromatic carbocycles. The molecule has 1 aliphatic rings. The zero-order valence-electron chi connectivity index (χ0n) is 24.2. The van der Waals surface area contributed by atoms with Crippen molar-refractivity contribution >= 4 is 50.8 Å². The molecule has 4 rings (SSSR count). The number of halogens is 2. The molecule has 0 radical (unpaired) electrons. The van der Waals surface area contributed by atoms with Crippen LogP contribution in [0.3, 0.4) is 0 Å². The lowest BCUT2D eigenvalue weighted by Crippen LogP contribution is -2.33. The SMILES string of the molecule is CCCC1CCC(C(Cc2ccc(C(=O)NCCS(=O)(=O)O)cc2)C(=O)Nc2ccc(-c3ccc(Cl)cc3Cl)cc2)CC1. The first-order valence-corrected chi connectivity index (χ1v) is 17.1. The van der Waals surface area contributed by atoms with E-state index in [0.29, 0.717) is 27.7 Å². The summed E-state index contributed by atoms with van der Waals surface area (Å²) in [7, 11) is -4.15. The van der Waals surface area contributed by atoms with Crippen LogP contribution in [-0.2, 0) is 21.3 Å². The molecule has 1 aliphatic carbocycles. The smallest absolute Gasteiger partial charge is 0.266 e. The highest BCUT2D eigenvalue weighted by Crippen LogP contribution is 2.38. The molecule has 1 atom stereocenters. The van der Waals surface area contributed by atoms with E-state index in [9.17, 15) is 18.0 Å². The van der Waals surface area contributed by atoms with Crippen LogP contribution in [0.5, 0.6) is 0 Å². The summed E-state index contributed by atoms with van der Waals surface area (Å²) in [6.07, 6.45) is 7.20. The Balaban J connectivity index is 1.46. The predicted molar refractivity (Wildman–Crippen MR) is 173 cm³/mol. The van der Waals surface area contributed by atoms with Crippen LogP contribution in [0.2, 0.25) is 10.0 Å². The fourth-order valence-electron chi connectivity index (χ4n) is 5.89. The maximum Gasteiger partial charge on any atom is 0.266 e. The van der Waals surface area contributed by atoms with Gasteiger partial charge in [-0.15, -0.1) is 0 Å². The monoisotopic (exact) mass is 644 g/mol. The van der Waals surface area contributed by atoms with E-state index in [2.05, 4.69) is 17.6 Å². The lowest BCUT2D eigenvalue weighted by atomic mass is 9.72. The van der Waals surface area contributed by atoms with Gasteiger partial charge in [-0.3, -0.25) is 14.1 Å². The number of hydrogen-bond acceptors (Lipinski definition) is 4. The van der Waals surface area contributed by atoms with Gasteiger partial charge >= 0.3 is 0 Å². The standard InChI is InChI=1S/C33H38Cl2N2O5S/c1-2-3-22-4-8-25(9-5-22)30(20-23-6-10-26(11-7-23)32(38)36-18-19-43(40,41)42)33(39)37-28-15-12-24(13-16-28)29-17-14-27(34)21-31(29)35/h6-7,10-17,21-22,25,30H,2-5,8-9,18-20H2,1H3,(H,36,38)(H,37,39)(H,40,41,42). The lowest BCUT2D eigenvalue weighted by molar-refractivity contribution is -0.122. The van der Waals surface area contributed by atoms with Crippen LogP contribution in [0.1, 0.15) is 61.4 Å². The van der Waals surface area contributed by atoms with Gasteiger partial charge in [0.25, 0.3) is 16.0 Å². The molecule has 3 aromatic rings. The molecule has 2 amide bonds. The van der Waals surface area contributed by atoms with Crippen LogP contribution >= 0.6 is 23.2 Å². The molecule has 0 spiro atoms. The zero-order valence-corrected chi connectivity index (χ0v) is 26.5. The first-order valence-electron chi connectivity index (χ1n) is 14.7. The molecule has 0 heterocycles. The molecule has 7 nitrogen and oxygen atoms in total. The fraction of sp³-hybridized carbons (Fsp3) is 0.394. The number of amides is 2. The predicted octanol–water partition coefficient (Wildman–Crippen LogP) is 7.68. The van der Waals surface area contributed by atoms with Gasteiger partial charge in [-0.25, -0.2) is 0 Å². The number of anilines is 1. The normalized spacial score (nSPS) is 17.7. The van der Waals surface area contributed by atoms with Crippen LogP contribution < -0.4 is 10.6 Å². The molecule has 10 heteroatoms. The third-order valence-corrected chi connectivity index (χ3v) is 9.47. The second kappa shape index (κ2) is 15.2. The highest BCUT2D eigenvalue weighted by atomic mass is 35.5. The van der Waals surface area contributed by atoms with Crippen molar-refractivity contribution in [1.82, 2.24) is 5.32 Å². The van der Waals surface area contributed by atoms with Crippen LogP contribution in [-0.4, -0.2) is 37.1 Å². The van der Waals surface area contributed by atoms with E-state index in [0.717, 1.165) is 48.3 Å². The summed E-state index contributed by atoms with van der Waals surface area (Å²) in [5, 5.41) is 6.76. The molecule has 230 valence electrons. The minimum Gasteiger partial charge on any atom is -0.351 e. The number of hydrogen-bond donors (Lipinski definition) is 3. The first-order chi connectivity index (χ1) is 20.5. The van der Waals surface area contributed by atoms with Crippen molar-refractivity contribution in [3.05, 3.63) is 87.9 Å². The van der Waals surface area contributed by atoms with Gasteiger partial charge in [0.1, 0.15) is 0 Å². The first kappa shape index (κ1) is 33.0. The van der Waals surface area contributed by atoms with E-state index in [4.69, 9.17) is 27.8 Å². The fourth-order valence-corrected chi connectivity index (χ4v) is 6.77. The average Bonchev–Trinajstić information content (AvgIpc) is 2.97. The maximum absolute atomic E-state index is 13.8. The van der Waals surface area contributed by atoms with Gasteiger partial charge in [0, 0.05) is 39.3 Å². The Labute approximate surface area is 264 Å². The van der Waals surface area contributed by atoms with E-state index in [-0.39, 0.29) is 24.3 Å². The van der Waals surface area contributed by atoms with E-state index in [1.807, 2.05) is 42.5 Å². The summed E-state index contributed by atoms with van der Waals surface area (Å²) >= 11 is 12.4. The van der Waals surface area contributed by atoms with E-state index < -0.39 is 21.8 Å². The third kappa shape index (κ3) is 9.80. The van der Waals surface area contributed by atoms with Crippen LogP contribution in [0.25, 0.3) is 11.1 Å². The molecule has 0 saturated heterocycles. The molecular formula is C33H38Cl2N2O5S. The Morgan fingerprint density at radius 2 is 1.63 bits per heavy atom. The van der Waals surface area contributed by atoms with Crippen molar-refractivity contribution in [2.75, 3.05) is 17.6 Å². The quantitative estimate of drug-likeness (QED) is 0.175. The lowest BCUT2D eigenvalue weighted by Gasteiger charge is -2.33. The summed E-state index contributed by atoms with van der Waals surface area (Å²) in [6.45, 7) is 2.03. The molecule has 0 aromatic heterocycles. The zero-order chi connectivity index (χ0) is 31.0. The van der Waals surface area contributed by atoms with E-state index >= 15 is 0 Å². The average molecular weight is 646 g/mol. The molecule has 43 heavy (non-hydrogen) atoms. The number of benzene rings is 3. The Bertz CT molecular complexity index is 1500. The second-order valence-corrected chi connectivity index (χ2v) is 13.7. The van der Waals surface area contributed by atoms with Gasteiger partial charge in [-0.2, -0.15) is 8.42 Å². The Morgan fingerprint density at radius 3 is 2.23 bits per heavy atom. The number of carbonyl (C=O) groups excluding carboxylic acids is 2. The largest absolute Gasteiger partial charge is 0.351 e. The minimum absolute atomic E-state index is 0.0248. The molecule has 1 fully saturated rings.